The first-order valence-corrected chi connectivity index (χ1v) is 14.7. The van der Waals surface area contributed by atoms with E-state index in [1.807, 2.05) is 0 Å². The molecule has 2 saturated heterocycles. The predicted molar refractivity (Wildman–Crippen MR) is 144 cm³/mol. The molecule has 0 aromatic rings. The average Bonchev–Trinajstić information content (AvgIpc) is 3.17. The molecule has 0 spiro atoms. The lowest BCUT2D eigenvalue weighted by Gasteiger charge is -2.46. The van der Waals surface area contributed by atoms with Gasteiger partial charge in [-0.05, 0) is 14.0 Å². The van der Waals surface area contributed by atoms with Gasteiger partial charge in [-0.1, -0.05) is 0 Å². The van der Waals surface area contributed by atoms with Crippen LogP contribution in [0.2, 0.25) is 0 Å². The molecule has 3 rings (SSSR count). The van der Waals surface area contributed by atoms with Crippen molar-refractivity contribution in [1.82, 2.24) is 5.32 Å². The SMILES string of the molecule is CNC1C(OC2C(OC3C(O)C(O)C(N=C(N)N)C(O)C3N=C(N)N)OC(C)C2(O)C(O)S(=O)(=O)O)OC(CO)C(O)C1O. The molecule has 0 aromatic carbocycles. The second-order valence-electron chi connectivity index (χ2n) is 10.6. The molecule has 0 aromatic heterocycles. The van der Waals surface area contributed by atoms with Crippen LogP contribution in [-0.4, -0.2) is 176 Å². The highest BCUT2D eigenvalue weighted by Crippen LogP contribution is 2.42. The summed E-state index contributed by atoms with van der Waals surface area (Å²) in [6, 6.07) is -4.56. The van der Waals surface area contributed by atoms with Gasteiger partial charge in [0.15, 0.2) is 30.1 Å². The first kappa shape index (κ1) is 36.4. The Morgan fingerprint density at radius 3 is 1.98 bits per heavy atom. The number of hydrogen-bond donors (Lipinski definition) is 14. The van der Waals surface area contributed by atoms with E-state index in [9.17, 15) is 53.8 Å². The van der Waals surface area contributed by atoms with Crippen LogP contribution >= 0.6 is 0 Å². The Morgan fingerprint density at radius 2 is 1.48 bits per heavy atom. The number of aliphatic hydroxyl groups excluding tert-OH is 7. The summed E-state index contributed by atoms with van der Waals surface area (Å²) in [5.41, 5.74) is 15.6. The lowest BCUT2D eigenvalue weighted by molar-refractivity contribution is -0.318. The van der Waals surface area contributed by atoms with E-state index in [1.165, 1.54) is 7.05 Å². The molecule has 2 aliphatic heterocycles. The molecule has 22 nitrogen and oxygen atoms in total. The summed E-state index contributed by atoms with van der Waals surface area (Å²) >= 11 is 0. The van der Waals surface area contributed by atoms with Crippen molar-refractivity contribution in [2.45, 2.75) is 104 Å². The van der Waals surface area contributed by atoms with Crippen molar-refractivity contribution in [3.8, 4) is 0 Å². The van der Waals surface area contributed by atoms with E-state index in [0.29, 0.717) is 0 Å². The standard InChI is InChI=1S/C21H41N7O15S/c1-4-21(36,18(35)44(37,38)39)15(43-16-8(26-2)12(33)9(30)5(3-29)41-16)17(40-4)42-14-7(28-20(24)25)10(31)6(27-19(22)23)11(32)13(14)34/h4-18,26,29-36H,3H2,1-2H3,(H4,22,23,27)(H4,24,25,28)(H,37,38,39). The number of likely N-dealkylation sites (N-methyl/N-ethyl adjacent to an activating group) is 1. The molecule has 0 radical (unpaired) electrons. The quantitative estimate of drug-likeness (QED) is 0.0586. The molecular weight excluding hydrogens is 622 g/mol. The van der Waals surface area contributed by atoms with Crippen LogP contribution in [0.15, 0.2) is 9.98 Å². The molecule has 16 unspecified atom stereocenters. The molecular formula is C21H41N7O15S. The van der Waals surface area contributed by atoms with E-state index < -0.39 is 125 Å². The summed E-state index contributed by atoms with van der Waals surface area (Å²) < 4.78 is 56.3. The molecule has 18 N–H and O–H groups in total. The first-order valence-electron chi connectivity index (χ1n) is 13.2. The van der Waals surface area contributed by atoms with Gasteiger partial charge in [0.1, 0.15) is 60.9 Å². The fraction of sp³-hybridized carbons (Fsp3) is 0.905. The maximum absolute atomic E-state index is 12.0. The van der Waals surface area contributed by atoms with E-state index in [1.54, 1.807) is 0 Å². The lowest BCUT2D eigenvalue weighted by Crippen LogP contribution is -2.67. The van der Waals surface area contributed by atoms with Gasteiger partial charge in [-0.2, -0.15) is 8.42 Å². The molecule has 1 saturated carbocycles. The Kier molecular flexibility index (Phi) is 11.4. The summed E-state index contributed by atoms with van der Waals surface area (Å²) in [6.07, 6.45) is -20.1. The van der Waals surface area contributed by atoms with Gasteiger partial charge in [-0.25, -0.2) is 9.98 Å². The largest absolute Gasteiger partial charge is 0.394 e. The van der Waals surface area contributed by atoms with Gasteiger partial charge >= 0.3 is 0 Å². The van der Waals surface area contributed by atoms with Crippen molar-refractivity contribution in [2.75, 3.05) is 13.7 Å². The molecule has 3 aliphatic rings. The van der Waals surface area contributed by atoms with E-state index in [2.05, 4.69) is 15.3 Å². The molecule has 256 valence electrons. The fourth-order valence-electron chi connectivity index (χ4n) is 5.50. The third kappa shape index (κ3) is 6.86. The highest BCUT2D eigenvalue weighted by atomic mass is 32.2. The number of ether oxygens (including phenoxy) is 4. The Labute approximate surface area is 250 Å². The van der Waals surface area contributed by atoms with Crippen LogP contribution in [0.25, 0.3) is 0 Å². The summed E-state index contributed by atoms with van der Waals surface area (Å²) in [5.74, 6) is -1.20. The third-order valence-electron chi connectivity index (χ3n) is 7.83. The molecule has 3 fully saturated rings. The predicted octanol–water partition coefficient (Wildman–Crippen LogP) is -9.15. The highest BCUT2D eigenvalue weighted by molar-refractivity contribution is 7.86. The zero-order chi connectivity index (χ0) is 33.5. The zero-order valence-corrected chi connectivity index (χ0v) is 24.3. The van der Waals surface area contributed by atoms with Gasteiger partial charge < -0.3 is 88.1 Å². The number of guanidine groups is 2. The Bertz CT molecular complexity index is 1160. The van der Waals surface area contributed by atoms with Gasteiger partial charge in [0.05, 0.1) is 18.8 Å². The molecule has 16 atom stereocenters. The molecule has 23 heteroatoms. The fourth-order valence-corrected chi connectivity index (χ4v) is 6.30. The van der Waals surface area contributed by atoms with E-state index in [0.717, 1.165) is 6.92 Å². The van der Waals surface area contributed by atoms with E-state index in [-0.39, 0.29) is 0 Å². The van der Waals surface area contributed by atoms with Crippen LogP contribution in [0, 0.1) is 0 Å². The van der Waals surface area contributed by atoms with Gasteiger partial charge in [0.25, 0.3) is 10.1 Å². The molecule has 44 heavy (non-hydrogen) atoms. The smallest absolute Gasteiger partial charge is 0.295 e. The summed E-state index contributed by atoms with van der Waals surface area (Å²) in [5, 5.41) is 87.8. The Hall–Kier alpha value is -2.07. The number of rotatable bonds is 10. The van der Waals surface area contributed by atoms with Gasteiger partial charge in [0.2, 0.25) is 5.44 Å². The number of nitrogens with zero attached hydrogens (tertiary/aromatic N) is 2. The second kappa shape index (κ2) is 13.7. The highest BCUT2D eigenvalue weighted by Gasteiger charge is 2.65. The maximum atomic E-state index is 12.0. The molecule has 2 heterocycles. The number of nitrogens with one attached hydrogen (secondary N) is 1. The Balaban J connectivity index is 2.08. The van der Waals surface area contributed by atoms with Crippen molar-refractivity contribution in [3.05, 3.63) is 0 Å². The monoisotopic (exact) mass is 663 g/mol. The summed E-state index contributed by atoms with van der Waals surface area (Å²) in [6.45, 7) is 0.231. The summed E-state index contributed by atoms with van der Waals surface area (Å²) in [4.78, 5) is 7.52. The average molecular weight is 664 g/mol. The third-order valence-corrected chi connectivity index (χ3v) is 8.77. The minimum absolute atomic E-state index is 0.575. The van der Waals surface area contributed by atoms with Crippen LogP contribution in [0.1, 0.15) is 6.92 Å². The maximum Gasteiger partial charge on any atom is 0.295 e. The Morgan fingerprint density at radius 1 is 0.909 bits per heavy atom. The van der Waals surface area contributed by atoms with Gasteiger partial charge in [0, 0.05) is 0 Å². The van der Waals surface area contributed by atoms with Crippen molar-refractivity contribution in [3.63, 3.8) is 0 Å². The number of hydrogen-bond acceptors (Lipinski definition) is 17. The van der Waals surface area contributed by atoms with Crippen LogP contribution in [0.5, 0.6) is 0 Å². The van der Waals surface area contributed by atoms with Crippen LogP contribution < -0.4 is 28.3 Å². The first-order chi connectivity index (χ1) is 20.3. The van der Waals surface area contributed by atoms with Gasteiger partial charge in [-0.3, -0.25) is 4.55 Å². The second-order valence-corrected chi connectivity index (χ2v) is 12.1. The molecule has 1 aliphatic carbocycles. The lowest BCUT2D eigenvalue weighted by atomic mass is 9.81. The normalized spacial score (nSPS) is 45.4. The molecule has 0 bridgehead atoms. The van der Waals surface area contributed by atoms with Crippen LogP contribution in [0.3, 0.4) is 0 Å². The van der Waals surface area contributed by atoms with Crippen LogP contribution in [-0.2, 0) is 29.1 Å². The minimum Gasteiger partial charge on any atom is -0.394 e. The van der Waals surface area contributed by atoms with Crippen molar-refractivity contribution in [1.29, 1.82) is 0 Å². The number of nitrogens with two attached hydrogens (primary N) is 4. The topological polar surface area (TPSA) is 394 Å². The van der Waals surface area contributed by atoms with E-state index in [4.69, 9.17) is 41.9 Å². The van der Waals surface area contributed by atoms with Crippen molar-refractivity contribution in [2.24, 2.45) is 32.9 Å². The van der Waals surface area contributed by atoms with Crippen molar-refractivity contribution < 1.29 is 72.8 Å². The zero-order valence-electron chi connectivity index (χ0n) is 23.5. The van der Waals surface area contributed by atoms with E-state index >= 15 is 0 Å². The minimum atomic E-state index is -5.45. The number of aliphatic imine (C=N–C) groups is 2. The molecule has 0 amide bonds. The van der Waals surface area contributed by atoms with Crippen molar-refractivity contribution >= 4 is 22.0 Å². The van der Waals surface area contributed by atoms with Gasteiger partial charge in [-0.15, -0.1) is 0 Å². The van der Waals surface area contributed by atoms with Crippen LogP contribution in [0.4, 0.5) is 0 Å². The summed E-state index contributed by atoms with van der Waals surface area (Å²) in [7, 11) is -4.14. The number of aliphatic hydroxyl groups is 8.